The largest absolute Gasteiger partial charge is 0.311 e. The molecule has 2 heteroatoms. The fourth-order valence-corrected chi connectivity index (χ4v) is 8.62. The van der Waals surface area contributed by atoms with E-state index in [0.29, 0.717) is 33.9 Å². The van der Waals surface area contributed by atoms with Crippen molar-refractivity contribution in [2.75, 3.05) is 9.80 Å². The van der Waals surface area contributed by atoms with E-state index in [1.54, 1.807) is 58.3 Å². The maximum absolute atomic E-state index is 9.22. The molecule has 0 unspecified atom stereocenters. The molecule has 0 aliphatic carbocycles. The summed E-state index contributed by atoms with van der Waals surface area (Å²) >= 11 is 0. The fourth-order valence-electron chi connectivity index (χ4n) is 8.62. The van der Waals surface area contributed by atoms with E-state index >= 15 is 0 Å². The molecule has 0 spiro atoms. The maximum atomic E-state index is 9.22. The Hall–Kier alpha value is -8.46. The summed E-state index contributed by atoms with van der Waals surface area (Å²) in [5, 5.41) is 4.20. The van der Waals surface area contributed by atoms with Crippen LogP contribution in [0.5, 0.6) is 0 Å². The van der Waals surface area contributed by atoms with Gasteiger partial charge in [-0.3, -0.25) is 0 Å². The van der Waals surface area contributed by atoms with E-state index in [0.717, 1.165) is 43.8 Å². The summed E-state index contributed by atoms with van der Waals surface area (Å²) in [5.74, 6) is -1.03. The van der Waals surface area contributed by atoms with Gasteiger partial charge in [0.05, 0.1) is 20.6 Å². The van der Waals surface area contributed by atoms with Crippen molar-refractivity contribution < 1.29 is 20.6 Å². The molecule has 0 radical (unpaired) electrons. The number of nitrogens with zero attached hydrogens (tertiary/aromatic N) is 2. The third-order valence-corrected chi connectivity index (χ3v) is 11.7. The van der Waals surface area contributed by atoms with E-state index < -0.39 is 96.6 Å². The van der Waals surface area contributed by atoms with Crippen LogP contribution in [0.15, 0.2) is 273 Å². The standard InChI is InChI=1S/C63H46N2/c1-4-18-50(19-5-1)63(51-34-42-57(43-35-51)64(53-22-6-2-7-23-53)55-38-30-48(31-39-55)61-28-14-20-46-16-10-12-26-59(46)61)52-36-44-58(45-37-52)65(54-24-8-3-9-25-54)56-40-32-49(33-41-56)62-29-15-21-47-17-11-13-27-60(47)62/h1-45,63H/i1D,2D,3D,4D,5D,6D,7D,8D,9D,18D,19D,22D,23D,24D,25D. The van der Waals surface area contributed by atoms with Crippen LogP contribution >= 0.6 is 0 Å². The van der Waals surface area contributed by atoms with Crippen molar-refractivity contribution in [3.8, 4) is 22.3 Å². The number of benzene rings is 11. The third kappa shape index (κ3) is 7.95. The zero-order chi connectivity index (χ0) is 56.4. The first-order valence-corrected chi connectivity index (χ1v) is 21.1. The summed E-state index contributed by atoms with van der Waals surface area (Å²) in [7, 11) is 0. The molecule has 11 rings (SSSR count). The van der Waals surface area contributed by atoms with Crippen LogP contribution in [-0.2, 0) is 0 Å². The van der Waals surface area contributed by atoms with Crippen molar-refractivity contribution in [2.45, 2.75) is 5.92 Å². The molecule has 0 bridgehead atoms. The van der Waals surface area contributed by atoms with E-state index in [4.69, 9.17) is 17.8 Å². The number of anilines is 6. The Morgan fingerprint density at radius 1 is 0.277 bits per heavy atom. The summed E-state index contributed by atoms with van der Waals surface area (Å²) in [6.07, 6.45) is 0. The van der Waals surface area contributed by atoms with Crippen LogP contribution in [0.25, 0.3) is 43.8 Å². The molecule has 0 heterocycles. The predicted molar refractivity (Wildman–Crippen MR) is 276 cm³/mol. The SMILES string of the molecule is [2H]c1c([2H])c([2H])c(C(c2ccc(N(c3ccc(-c4cccc5ccccc45)cc3)c3c([2H])c([2H])c([2H])c([2H])c3[2H])cc2)c2ccc(N(c3ccc(-c4cccc5ccccc45)cc3)c3c([2H])c([2H])c([2H])c([2H])c3[2H])cc2)c([2H])c1[2H]. The molecule has 0 saturated carbocycles. The lowest BCUT2D eigenvalue weighted by atomic mass is 9.85. The van der Waals surface area contributed by atoms with Crippen LogP contribution in [0.3, 0.4) is 0 Å². The first kappa shape index (κ1) is 26.2. The lowest BCUT2D eigenvalue weighted by molar-refractivity contribution is 0.976. The highest BCUT2D eigenvalue weighted by Crippen LogP contribution is 2.41. The smallest absolute Gasteiger partial charge is 0.0645 e. The highest BCUT2D eigenvalue weighted by Gasteiger charge is 2.20. The summed E-state index contributed by atoms with van der Waals surface area (Å²) in [6.45, 7) is 0. The zero-order valence-corrected chi connectivity index (χ0v) is 34.8. The second-order valence-electron chi connectivity index (χ2n) is 15.4. The molecule has 2 nitrogen and oxygen atoms in total. The molecule has 308 valence electrons. The first-order chi connectivity index (χ1) is 38.5. The Balaban J connectivity index is 1.05. The second kappa shape index (κ2) is 17.7. The summed E-state index contributed by atoms with van der Waals surface area (Å²) < 4.78 is 132. The minimum Gasteiger partial charge on any atom is -0.311 e. The van der Waals surface area contributed by atoms with Gasteiger partial charge in [0.15, 0.2) is 0 Å². The van der Waals surface area contributed by atoms with Crippen LogP contribution in [0.4, 0.5) is 34.1 Å². The molecule has 0 fully saturated rings. The quantitative estimate of drug-likeness (QED) is 0.120. The normalized spacial score (nSPS) is 14.4. The van der Waals surface area contributed by atoms with Gasteiger partial charge in [0.1, 0.15) is 0 Å². The van der Waals surface area contributed by atoms with Crippen LogP contribution in [0, 0.1) is 0 Å². The van der Waals surface area contributed by atoms with E-state index in [1.807, 2.05) is 133 Å². The number of hydrogen-bond acceptors (Lipinski definition) is 2. The van der Waals surface area contributed by atoms with Gasteiger partial charge < -0.3 is 9.80 Å². The Morgan fingerprint density at radius 2 is 0.615 bits per heavy atom. The first-order valence-electron chi connectivity index (χ1n) is 28.6. The lowest BCUT2D eigenvalue weighted by Crippen LogP contribution is -2.11. The number of fused-ring (bicyclic) bond motifs is 2. The van der Waals surface area contributed by atoms with Crippen molar-refractivity contribution in [3.63, 3.8) is 0 Å². The van der Waals surface area contributed by atoms with Crippen molar-refractivity contribution in [1.82, 2.24) is 0 Å². The zero-order valence-electron chi connectivity index (χ0n) is 49.8. The average molecular weight is 846 g/mol. The second-order valence-corrected chi connectivity index (χ2v) is 15.4. The Morgan fingerprint density at radius 3 is 1.02 bits per heavy atom. The molecule has 0 aromatic heterocycles. The molecule has 0 atom stereocenters. The molecule has 0 aliphatic rings. The molecule has 0 saturated heterocycles. The molecular weight excluding hydrogens is 785 g/mol. The molecule has 11 aromatic carbocycles. The highest BCUT2D eigenvalue weighted by molar-refractivity contribution is 5.98. The summed E-state index contributed by atoms with van der Waals surface area (Å²) in [5.41, 5.74) is 6.17. The fraction of sp³-hybridized carbons (Fsp3) is 0.0159. The Kier molecular flexibility index (Phi) is 7.15. The number of hydrogen-bond donors (Lipinski definition) is 0. The van der Waals surface area contributed by atoms with Gasteiger partial charge >= 0.3 is 0 Å². The monoisotopic (exact) mass is 845 g/mol. The lowest BCUT2D eigenvalue weighted by Gasteiger charge is -2.27. The van der Waals surface area contributed by atoms with Crippen molar-refractivity contribution in [1.29, 1.82) is 0 Å². The van der Waals surface area contributed by atoms with Gasteiger partial charge in [-0.15, -0.1) is 0 Å². The molecule has 65 heavy (non-hydrogen) atoms. The van der Waals surface area contributed by atoms with Gasteiger partial charge in [0, 0.05) is 40.0 Å². The predicted octanol–water partition coefficient (Wildman–Crippen LogP) is 17.4. The van der Waals surface area contributed by atoms with Crippen LogP contribution in [0.2, 0.25) is 0 Å². The third-order valence-electron chi connectivity index (χ3n) is 11.7. The molecule has 11 aromatic rings. The topological polar surface area (TPSA) is 6.48 Å². The van der Waals surface area contributed by atoms with E-state index in [-0.39, 0.29) is 16.9 Å². The molecule has 0 N–H and O–H groups in total. The van der Waals surface area contributed by atoms with Gasteiger partial charge in [-0.2, -0.15) is 0 Å². The maximum Gasteiger partial charge on any atom is 0.0645 e. The van der Waals surface area contributed by atoms with Crippen molar-refractivity contribution in [2.24, 2.45) is 0 Å². The van der Waals surface area contributed by atoms with Gasteiger partial charge in [-0.05, 0) is 133 Å². The minimum atomic E-state index is -1.03. The van der Waals surface area contributed by atoms with E-state index in [2.05, 4.69) is 0 Å². The molecular formula is C63H46N2. The van der Waals surface area contributed by atoms with Crippen LogP contribution in [-0.4, -0.2) is 0 Å². The van der Waals surface area contributed by atoms with Crippen molar-refractivity contribution >= 4 is 55.7 Å². The minimum absolute atomic E-state index is 0.0329. The summed E-state index contributed by atoms with van der Waals surface area (Å²) in [4.78, 5) is 3.15. The number of para-hydroxylation sites is 2. The van der Waals surface area contributed by atoms with Crippen LogP contribution < -0.4 is 9.80 Å². The van der Waals surface area contributed by atoms with E-state index in [9.17, 15) is 2.74 Å². The Labute approximate surface area is 402 Å². The van der Waals surface area contributed by atoms with Crippen molar-refractivity contribution in [3.05, 3.63) is 289 Å². The van der Waals surface area contributed by atoms with Gasteiger partial charge in [-0.1, -0.05) is 200 Å². The van der Waals surface area contributed by atoms with Gasteiger partial charge in [0.2, 0.25) is 0 Å². The number of rotatable bonds is 11. The Bertz CT molecular complexity index is 3910. The van der Waals surface area contributed by atoms with Crippen LogP contribution in [0.1, 0.15) is 43.2 Å². The van der Waals surface area contributed by atoms with E-state index in [1.165, 1.54) is 0 Å². The highest BCUT2D eigenvalue weighted by atomic mass is 15.1. The molecule has 0 amide bonds. The van der Waals surface area contributed by atoms with Gasteiger partial charge in [-0.25, -0.2) is 0 Å². The average Bonchev–Trinajstić information content (AvgIpc) is 3.52. The van der Waals surface area contributed by atoms with Gasteiger partial charge in [0.25, 0.3) is 0 Å². The molecule has 0 aliphatic heterocycles. The summed E-state index contributed by atoms with van der Waals surface area (Å²) in [6, 6.07) is 49.1.